The molecule has 0 aliphatic heterocycles. The molecule has 0 aromatic heterocycles. The Labute approximate surface area is 105 Å². The lowest BCUT2D eigenvalue weighted by Gasteiger charge is -2.06. The molecule has 1 aromatic carbocycles. The molecule has 96 valence electrons. The van der Waals surface area contributed by atoms with Crippen LogP contribution < -0.4 is 5.73 Å². The van der Waals surface area contributed by atoms with Gasteiger partial charge in [-0.3, -0.25) is 4.21 Å². The van der Waals surface area contributed by atoms with Gasteiger partial charge in [0.2, 0.25) is 0 Å². The lowest BCUT2D eigenvalue weighted by molar-refractivity contribution is 0.600. The molecule has 1 unspecified atom stereocenters. The van der Waals surface area contributed by atoms with E-state index in [1.54, 1.807) is 12.1 Å². The Morgan fingerprint density at radius 2 is 2.00 bits per heavy atom. The Bertz CT molecular complexity index is 524. The first-order valence-corrected chi connectivity index (χ1v) is 8.60. The van der Waals surface area contributed by atoms with Crippen LogP contribution in [0, 0.1) is 6.92 Å². The highest BCUT2D eigenvalue weighted by molar-refractivity contribution is 7.90. The van der Waals surface area contributed by atoms with E-state index in [9.17, 15) is 12.6 Å². The molecule has 0 fully saturated rings. The molecule has 0 saturated heterocycles. The molecular formula is C11H17NO3S2. The standard InChI is InChI=1S/C11H17NO3S2/c1-9-4-5-10(12)11(8-9)16(13)6-3-7-17(2,14)15/h4-5,8H,3,6-7,12H2,1-2H3. The number of anilines is 1. The van der Waals surface area contributed by atoms with Gasteiger partial charge in [0.05, 0.1) is 21.4 Å². The Morgan fingerprint density at radius 1 is 1.35 bits per heavy atom. The van der Waals surface area contributed by atoms with E-state index in [4.69, 9.17) is 5.73 Å². The van der Waals surface area contributed by atoms with Gasteiger partial charge in [-0.1, -0.05) is 6.07 Å². The number of aryl methyl sites for hydroxylation is 1. The highest BCUT2D eigenvalue weighted by Crippen LogP contribution is 2.18. The maximum Gasteiger partial charge on any atom is 0.147 e. The van der Waals surface area contributed by atoms with Gasteiger partial charge in [0, 0.05) is 17.7 Å². The summed E-state index contributed by atoms with van der Waals surface area (Å²) in [7, 11) is -4.22. The Balaban J connectivity index is 2.67. The maximum atomic E-state index is 11.9. The van der Waals surface area contributed by atoms with Gasteiger partial charge in [0.25, 0.3) is 0 Å². The fourth-order valence-corrected chi connectivity index (χ4v) is 3.53. The van der Waals surface area contributed by atoms with E-state index < -0.39 is 20.6 Å². The third kappa shape index (κ3) is 4.87. The third-order valence-electron chi connectivity index (χ3n) is 2.26. The molecule has 0 amide bonds. The fraction of sp³-hybridized carbons (Fsp3) is 0.455. The van der Waals surface area contributed by atoms with Crippen LogP contribution in [-0.4, -0.2) is 30.4 Å². The van der Waals surface area contributed by atoms with Gasteiger partial charge in [-0.05, 0) is 31.0 Å². The van der Waals surface area contributed by atoms with Gasteiger partial charge < -0.3 is 5.73 Å². The summed E-state index contributed by atoms with van der Waals surface area (Å²) in [5.74, 6) is 0.380. The van der Waals surface area contributed by atoms with Crippen molar-refractivity contribution in [2.24, 2.45) is 0 Å². The third-order valence-corrected chi connectivity index (χ3v) is 4.79. The van der Waals surface area contributed by atoms with Crippen molar-refractivity contribution >= 4 is 26.3 Å². The zero-order valence-corrected chi connectivity index (χ0v) is 11.6. The lowest BCUT2D eigenvalue weighted by atomic mass is 10.2. The summed E-state index contributed by atoms with van der Waals surface area (Å²) in [6, 6.07) is 5.36. The number of sulfone groups is 1. The predicted molar refractivity (Wildman–Crippen MR) is 71.2 cm³/mol. The van der Waals surface area contributed by atoms with E-state index in [1.165, 1.54) is 6.26 Å². The average molecular weight is 275 g/mol. The van der Waals surface area contributed by atoms with Crippen LogP contribution in [0.15, 0.2) is 23.1 Å². The topological polar surface area (TPSA) is 77.2 Å². The number of hydrogen-bond donors (Lipinski definition) is 1. The normalized spacial score (nSPS) is 13.5. The fourth-order valence-electron chi connectivity index (χ4n) is 1.40. The minimum Gasteiger partial charge on any atom is -0.398 e. The first-order valence-electron chi connectivity index (χ1n) is 5.22. The van der Waals surface area contributed by atoms with Crippen LogP contribution in [0.1, 0.15) is 12.0 Å². The van der Waals surface area contributed by atoms with Crippen LogP contribution in [0.25, 0.3) is 0 Å². The number of nitrogens with two attached hydrogens (primary N) is 1. The predicted octanol–water partition coefficient (Wildman–Crippen LogP) is 1.12. The number of nitrogen functional groups attached to an aromatic ring is 1. The minimum absolute atomic E-state index is 0.0600. The molecule has 2 N–H and O–H groups in total. The van der Waals surface area contributed by atoms with Crippen LogP contribution in [0.4, 0.5) is 5.69 Å². The van der Waals surface area contributed by atoms with Crippen molar-refractivity contribution in [2.45, 2.75) is 18.2 Å². The zero-order chi connectivity index (χ0) is 13.1. The Morgan fingerprint density at radius 3 is 2.59 bits per heavy atom. The Kier molecular flexibility index (Phi) is 4.70. The highest BCUT2D eigenvalue weighted by atomic mass is 32.2. The second kappa shape index (κ2) is 5.64. The van der Waals surface area contributed by atoms with Gasteiger partial charge in [0.15, 0.2) is 0 Å². The summed E-state index contributed by atoms with van der Waals surface area (Å²) >= 11 is 0. The molecule has 17 heavy (non-hydrogen) atoms. The molecular weight excluding hydrogens is 258 g/mol. The summed E-state index contributed by atoms with van der Waals surface area (Å²) in [5, 5.41) is 0. The molecule has 0 radical (unpaired) electrons. The first kappa shape index (κ1) is 14.2. The van der Waals surface area contributed by atoms with Crippen molar-refractivity contribution in [3.63, 3.8) is 0 Å². The van der Waals surface area contributed by atoms with E-state index in [-0.39, 0.29) is 5.75 Å². The van der Waals surface area contributed by atoms with Gasteiger partial charge in [-0.15, -0.1) is 0 Å². The van der Waals surface area contributed by atoms with Crippen molar-refractivity contribution in [1.29, 1.82) is 0 Å². The zero-order valence-electron chi connectivity index (χ0n) is 9.97. The van der Waals surface area contributed by atoms with Crippen LogP contribution in [0.5, 0.6) is 0 Å². The van der Waals surface area contributed by atoms with Crippen LogP contribution in [0.3, 0.4) is 0 Å². The highest BCUT2D eigenvalue weighted by Gasteiger charge is 2.10. The van der Waals surface area contributed by atoms with Crippen molar-refractivity contribution < 1.29 is 12.6 Å². The van der Waals surface area contributed by atoms with E-state index in [2.05, 4.69) is 0 Å². The molecule has 0 saturated carbocycles. The first-order chi connectivity index (χ1) is 7.79. The largest absolute Gasteiger partial charge is 0.398 e. The molecule has 0 heterocycles. The van der Waals surface area contributed by atoms with Crippen molar-refractivity contribution in [1.82, 2.24) is 0 Å². The van der Waals surface area contributed by atoms with Crippen molar-refractivity contribution in [3.05, 3.63) is 23.8 Å². The van der Waals surface area contributed by atoms with E-state index in [0.717, 1.165) is 5.56 Å². The molecule has 0 aliphatic carbocycles. The summed E-state index contributed by atoms with van der Waals surface area (Å²) in [4.78, 5) is 0.596. The Hall–Kier alpha value is -0.880. The lowest BCUT2D eigenvalue weighted by Crippen LogP contribution is -2.09. The number of benzene rings is 1. The SMILES string of the molecule is Cc1ccc(N)c(S(=O)CCCS(C)(=O)=O)c1. The average Bonchev–Trinajstić information content (AvgIpc) is 2.19. The number of rotatable bonds is 5. The second-order valence-electron chi connectivity index (χ2n) is 4.07. The quantitative estimate of drug-likeness (QED) is 0.817. The molecule has 1 aromatic rings. The van der Waals surface area contributed by atoms with Crippen molar-refractivity contribution in [3.8, 4) is 0 Å². The maximum absolute atomic E-state index is 11.9. The summed E-state index contributed by atoms with van der Waals surface area (Å²) < 4.78 is 33.8. The summed E-state index contributed by atoms with van der Waals surface area (Å²) in [6.45, 7) is 1.90. The van der Waals surface area contributed by atoms with Gasteiger partial charge in [0.1, 0.15) is 9.84 Å². The molecule has 1 rings (SSSR count). The smallest absolute Gasteiger partial charge is 0.147 e. The van der Waals surface area contributed by atoms with E-state index in [1.807, 2.05) is 13.0 Å². The van der Waals surface area contributed by atoms with Crippen LogP contribution in [0.2, 0.25) is 0 Å². The van der Waals surface area contributed by atoms with Gasteiger partial charge in [-0.2, -0.15) is 0 Å². The monoisotopic (exact) mass is 275 g/mol. The van der Waals surface area contributed by atoms with Crippen LogP contribution in [-0.2, 0) is 20.6 Å². The molecule has 0 spiro atoms. The summed E-state index contributed by atoms with van der Waals surface area (Å²) in [5.41, 5.74) is 7.22. The van der Waals surface area contributed by atoms with Gasteiger partial charge >= 0.3 is 0 Å². The van der Waals surface area contributed by atoms with E-state index >= 15 is 0 Å². The molecule has 0 aliphatic rings. The molecule has 4 nitrogen and oxygen atoms in total. The molecule has 6 heteroatoms. The van der Waals surface area contributed by atoms with Gasteiger partial charge in [-0.25, -0.2) is 8.42 Å². The van der Waals surface area contributed by atoms with E-state index in [0.29, 0.717) is 22.8 Å². The minimum atomic E-state index is -2.99. The van der Waals surface area contributed by atoms with Crippen LogP contribution >= 0.6 is 0 Å². The second-order valence-corrected chi connectivity index (χ2v) is 7.87. The molecule has 1 atom stereocenters. The number of hydrogen-bond acceptors (Lipinski definition) is 4. The molecule has 0 bridgehead atoms. The summed E-state index contributed by atoms with van der Waals surface area (Å²) in [6.07, 6.45) is 1.57. The van der Waals surface area contributed by atoms with Crippen molar-refractivity contribution in [2.75, 3.05) is 23.5 Å².